The first-order chi connectivity index (χ1) is 7.15. The maximum Gasteiger partial charge on any atom is 0.228 e. The van der Waals surface area contributed by atoms with Crippen LogP contribution in [0.25, 0.3) is 0 Å². The third-order valence-corrected chi connectivity index (χ3v) is 2.98. The first kappa shape index (κ1) is 11.0. The average Bonchev–Trinajstić information content (AvgIpc) is 2.16. The van der Waals surface area contributed by atoms with Gasteiger partial charge in [-0.3, -0.25) is 0 Å². The van der Waals surface area contributed by atoms with Gasteiger partial charge in [-0.2, -0.15) is 0 Å². The lowest BCUT2D eigenvalue weighted by atomic mass is 10.0. The second kappa shape index (κ2) is 4.54. The molecule has 0 amide bonds. The quantitative estimate of drug-likeness (QED) is 0.713. The van der Waals surface area contributed by atoms with Crippen molar-refractivity contribution in [3.63, 3.8) is 0 Å². The van der Waals surface area contributed by atoms with Gasteiger partial charge in [0.1, 0.15) is 10.3 Å². The summed E-state index contributed by atoms with van der Waals surface area (Å²) < 4.78 is 0. The Morgan fingerprint density at radius 3 is 2.60 bits per heavy atom. The zero-order chi connectivity index (χ0) is 10.8. The molecule has 2 rings (SSSR count). The monoisotopic (exact) mass is 245 g/mol. The molecule has 1 aromatic rings. The Hall–Kier alpha value is -0.540. The lowest BCUT2D eigenvalue weighted by molar-refractivity contribution is 0.442. The van der Waals surface area contributed by atoms with Gasteiger partial charge >= 0.3 is 0 Å². The Labute approximate surface area is 99.4 Å². The van der Waals surface area contributed by atoms with Crippen LogP contribution >= 0.6 is 23.2 Å². The van der Waals surface area contributed by atoms with Gasteiger partial charge in [0.2, 0.25) is 5.95 Å². The molecule has 3 nitrogen and oxygen atoms in total. The standard InChI is InChI=1S/C10H13Cl2N3/c1-7-3-2-4-15(6-7)10-13-8(11)5-9(12)14-10/h5,7H,2-4,6H2,1H3. The molecule has 1 aliphatic heterocycles. The summed E-state index contributed by atoms with van der Waals surface area (Å²) in [5.74, 6) is 1.33. The number of piperidine rings is 1. The minimum absolute atomic E-state index is 0.406. The van der Waals surface area contributed by atoms with E-state index >= 15 is 0 Å². The fraction of sp³-hybridized carbons (Fsp3) is 0.600. The molecular weight excluding hydrogens is 233 g/mol. The minimum atomic E-state index is 0.406. The molecule has 0 spiro atoms. The highest BCUT2D eigenvalue weighted by molar-refractivity contribution is 6.33. The van der Waals surface area contributed by atoms with Crippen molar-refractivity contribution >= 4 is 29.2 Å². The van der Waals surface area contributed by atoms with Gasteiger partial charge < -0.3 is 4.90 Å². The van der Waals surface area contributed by atoms with Gasteiger partial charge in [0, 0.05) is 19.2 Å². The SMILES string of the molecule is CC1CCCN(c2nc(Cl)cc(Cl)n2)C1. The molecule has 0 radical (unpaired) electrons. The lowest BCUT2D eigenvalue weighted by Gasteiger charge is -2.30. The predicted molar refractivity (Wildman–Crippen MR) is 62.7 cm³/mol. The summed E-state index contributed by atoms with van der Waals surface area (Å²) in [5, 5.41) is 0.812. The van der Waals surface area contributed by atoms with E-state index in [1.165, 1.54) is 12.8 Å². The first-order valence-corrected chi connectivity index (χ1v) is 5.86. The Bertz CT molecular complexity index is 336. The Morgan fingerprint density at radius 1 is 1.33 bits per heavy atom. The molecular formula is C10H13Cl2N3. The summed E-state index contributed by atoms with van der Waals surface area (Å²) >= 11 is 11.7. The van der Waals surface area contributed by atoms with Crippen LogP contribution in [-0.2, 0) is 0 Å². The van der Waals surface area contributed by atoms with E-state index in [9.17, 15) is 0 Å². The number of anilines is 1. The van der Waals surface area contributed by atoms with Crippen LogP contribution in [0.1, 0.15) is 19.8 Å². The average molecular weight is 246 g/mol. The van der Waals surface area contributed by atoms with Crippen LogP contribution in [0.5, 0.6) is 0 Å². The Morgan fingerprint density at radius 2 is 2.00 bits per heavy atom. The number of halogens is 2. The molecule has 0 saturated carbocycles. The summed E-state index contributed by atoms with van der Waals surface area (Å²) in [4.78, 5) is 10.5. The summed E-state index contributed by atoms with van der Waals surface area (Å²) in [7, 11) is 0. The highest BCUT2D eigenvalue weighted by Gasteiger charge is 2.19. The minimum Gasteiger partial charge on any atom is -0.340 e. The molecule has 5 heteroatoms. The van der Waals surface area contributed by atoms with E-state index in [2.05, 4.69) is 21.8 Å². The van der Waals surface area contributed by atoms with E-state index in [4.69, 9.17) is 23.2 Å². The van der Waals surface area contributed by atoms with Gasteiger partial charge in [0.25, 0.3) is 0 Å². The summed E-state index contributed by atoms with van der Waals surface area (Å²) in [5.41, 5.74) is 0. The van der Waals surface area contributed by atoms with Crippen molar-refractivity contribution in [2.45, 2.75) is 19.8 Å². The van der Waals surface area contributed by atoms with Crippen LogP contribution in [-0.4, -0.2) is 23.1 Å². The maximum absolute atomic E-state index is 5.84. The van der Waals surface area contributed by atoms with Gasteiger partial charge in [0.15, 0.2) is 0 Å². The summed E-state index contributed by atoms with van der Waals surface area (Å²) in [6.45, 7) is 4.20. The highest BCUT2D eigenvalue weighted by Crippen LogP contribution is 2.22. The molecule has 2 heterocycles. The van der Waals surface area contributed by atoms with Crippen molar-refractivity contribution in [3.05, 3.63) is 16.4 Å². The van der Waals surface area contributed by atoms with Gasteiger partial charge in [0.05, 0.1) is 0 Å². The third-order valence-electron chi connectivity index (χ3n) is 2.59. The van der Waals surface area contributed by atoms with Crippen molar-refractivity contribution in [2.75, 3.05) is 18.0 Å². The topological polar surface area (TPSA) is 29.0 Å². The first-order valence-electron chi connectivity index (χ1n) is 5.10. The predicted octanol–water partition coefficient (Wildman–Crippen LogP) is 3.02. The van der Waals surface area contributed by atoms with Crippen LogP contribution in [0.15, 0.2) is 6.07 Å². The lowest BCUT2D eigenvalue weighted by Crippen LogP contribution is -2.35. The number of rotatable bonds is 1. The van der Waals surface area contributed by atoms with E-state index < -0.39 is 0 Å². The second-order valence-electron chi connectivity index (χ2n) is 4.01. The Balaban J connectivity index is 2.20. The molecule has 1 unspecified atom stereocenters. The smallest absolute Gasteiger partial charge is 0.228 e. The third kappa shape index (κ3) is 2.73. The molecule has 1 aliphatic rings. The fourth-order valence-electron chi connectivity index (χ4n) is 1.89. The van der Waals surface area contributed by atoms with Gasteiger partial charge in [-0.1, -0.05) is 30.1 Å². The van der Waals surface area contributed by atoms with Crippen molar-refractivity contribution in [1.29, 1.82) is 0 Å². The van der Waals surface area contributed by atoms with Gasteiger partial charge in [-0.25, -0.2) is 9.97 Å². The van der Waals surface area contributed by atoms with Crippen molar-refractivity contribution < 1.29 is 0 Å². The maximum atomic E-state index is 5.84. The molecule has 1 saturated heterocycles. The van der Waals surface area contributed by atoms with Crippen molar-refractivity contribution in [1.82, 2.24) is 9.97 Å². The van der Waals surface area contributed by atoms with Crippen molar-refractivity contribution in [3.8, 4) is 0 Å². The molecule has 0 aromatic carbocycles. The van der Waals surface area contributed by atoms with E-state index in [0.717, 1.165) is 13.1 Å². The van der Waals surface area contributed by atoms with Crippen LogP contribution in [0, 0.1) is 5.92 Å². The highest BCUT2D eigenvalue weighted by atomic mass is 35.5. The van der Waals surface area contributed by atoms with Crippen LogP contribution in [0.4, 0.5) is 5.95 Å². The van der Waals surface area contributed by atoms with Crippen LogP contribution < -0.4 is 4.90 Å². The van der Waals surface area contributed by atoms with Crippen molar-refractivity contribution in [2.24, 2.45) is 5.92 Å². The molecule has 15 heavy (non-hydrogen) atoms. The van der Waals surface area contributed by atoms with E-state index in [1.807, 2.05) is 0 Å². The number of hydrogen-bond acceptors (Lipinski definition) is 3. The number of hydrogen-bond donors (Lipinski definition) is 0. The molecule has 0 N–H and O–H groups in total. The van der Waals surface area contributed by atoms with Crippen LogP contribution in [0.2, 0.25) is 10.3 Å². The molecule has 1 atom stereocenters. The van der Waals surface area contributed by atoms with E-state index in [0.29, 0.717) is 22.2 Å². The second-order valence-corrected chi connectivity index (χ2v) is 4.78. The summed E-state index contributed by atoms with van der Waals surface area (Å²) in [6, 6.07) is 1.56. The Kier molecular flexibility index (Phi) is 3.32. The molecule has 82 valence electrons. The zero-order valence-electron chi connectivity index (χ0n) is 8.58. The van der Waals surface area contributed by atoms with Crippen LogP contribution in [0.3, 0.4) is 0 Å². The molecule has 1 fully saturated rings. The van der Waals surface area contributed by atoms with Gasteiger partial charge in [-0.15, -0.1) is 0 Å². The largest absolute Gasteiger partial charge is 0.340 e. The fourth-order valence-corrected chi connectivity index (χ4v) is 2.31. The summed E-state index contributed by atoms with van der Waals surface area (Å²) in [6.07, 6.45) is 2.44. The van der Waals surface area contributed by atoms with E-state index in [1.54, 1.807) is 6.07 Å². The van der Waals surface area contributed by atoms with Gasteiger partial charge in [-0.05, 0) is 18.8 Å². The van der Waals surface area contributed by atoms with E-state index in [-0.39, 0.29) is 0 Å². The zero-order valence-corrected chi connectivity index (χ0v) is 10.1. The molecule has 1 aromatic heterocycles. The normalized spacial score (nSPS) is 21.8. The molecule has 0 bridgehead atoms. The number of nitrogens with zero attached hydrogens (tertiary/aromatic N) is 3. The molecule has 0 aliphatic carbocycles. The number of aromatic nitrogens is 2.